The van der Waals surface area contributed by atoms with Gasteiger partial charge in [0.1, 0.15) is 5.82 Å². The van der Waals surface area contributed by atoms with Crippen LogP contribution in [0.4, 0.5) is 5.82 Å². The van der Waals surface area contributed by atoms with Gasteiger partial charge in [0.05, 0.1) is 58.5 Å². The van der Waals surface area contributed by atoms with E-state index in [2.05, 4.69) is 20.6 Å². The van der Waals surface area contributed by atoms with E-state index >= 15 is 0 Å². The molecule has 3 aromatic heterocycles. The highest BCUT2D eigenvalue weighted by atomic mass is 35.5. The number of ether oxygens (including phenoxy) is 1. The van der Waals surface area contributed by atoms with Crippen molar-refractivity contribution in [3.05, 3.63) is 81.6 Å². The molecule has 2 aliphatic rings. The average Bonchev–Trinajstić information content (AvgIpc) is 3.20. The lowest BCUT2D eigenvalue weighted by Crippen LogP contribution is -2.40. The summed E-state index contributed by atoms with van der Waals surface area (Å²) in [6.45, 7) is 3.81. The molecule has 2 fully saturated rings. The summed E-state index contributed by atoms with van der Waals surface area (Å²) in [5, 5.41) is 6.93. The Balaban J connectivity index is 1.15. The quantitative estimate of drug-likeness (QED) is 0.357. The van der Waals surface area contributed by atoms with Gasteiger partial charge in [0.2, 0.25) is 0 Å². The topological polar surface area (TPSA) is 103 Å². The first-order valence-electron chi connectivity index (χ1n) is 13.4. The van der Waals surface area contributed by atoms with Gasteiger partial charge in [0.25, 0.3) is 5.91 Å². The molecule has 39 heavy (non-hydrogen) atoms. The van der Waals surface area contributed by atoms with Gasteiger partial charge in [0.15, 0.2) is 0 Å². The minimum atomic E-state index is -0.138. The van der Waals surface area contributed by atoms with Crippen molar-refractivity contribution in [2.24, 2.45) is 5.92 Å². The zero-order valence-electron chi connectivity index (χ0n) is 21.8. The van der Waals surface area contributed by atoms with E-state index in [1.807, 2.05) is 47.9 Å². The van der Waals surface area contributed by atoms with Crippen LogP contribution in [0.2, 0.25) is 5.02 Å². The number of rotatable bonds is 7. The Labute approximate surface area is 231 Å². The van der Waals surface area contributed by atoms with Crippen molar-refractivity contribution in [2.45, 2.75) is 51.2 Å². The van der Waals surface area contributed by atoms with Gasteiger partial charge in [-0.1, -0.05) is 23.7 Å². The summed E-state index contributed by atoms with van der Waals surface area (Å²) in [6.07, 6.45) is 6.87. The number of anilines is 1. The van der Waals surface area contributed by atoms with Crippen molar-refractivity contribution in [2.75, 3.05) is 18.5 Å². The number of hydrogen-bond acceptors (Lipinski definition) is 6. The van der Waals surface area contributed by atoms with E-state index in [0.29, 0.717) is 42.0 Å². The van der Waals surface area contributed by atoms with E-state index in [-0.39, 0.29) is 23.7 Å². The maximum atomic E-state index is 13.7. The third kappa shape index (κ3) is 5.29. The molecule has 4 aromatic rings. The fraction of sp³-hybridized carbons (Fsp3) is 0.379. The maximum Gasteiger partial charge on any atom is 0.333 e. The van der Waals surface area contributed by atoms with Gasteiger partial charge in [-0.15, -0.1) is 0 Å². The monoisotopic (exact) mass is 546 g/mol. The predicted octanol–water partition coefficient (Wildman–Crippen LogP) is 4.34. The van der Waals surface area contributed by atoms with Crippen molar-refractivity contribution in [1.82, 2.24) is 24.4 Å². The minimum absolute atomic E-state index is 0.0644. The van der Waals surface area contributed by atoms with Gasteiger partial charge < -0.3 is 15.4 Å². The van der Waals surface area contributed by atoms with Gasteiger partial charge >= 0.3 is 5.69 Å². The molecule has 2 N–H and O–H groups in total. The Morgan fingerprint density at radius 3 is 2.49 bits per heavy atom. The number of fused-ring (bicyclic) bond motifs is 1. The van der Waals surface area contributed by atoms with Gasteiger partial charge in [-0.2, -0.15) is 0 Å². The second kappa shape index (κ2) is 10.8. The number of carbonyl (C=O) groups excluding carboxylic acids is 1. The zero-order chi connectivity index (χ0) is 26.9. The second-order valence-electron chi connectivity index (χ2n) is 10.5. The normalized spacial score (nSPS) is 19.5. The first-order valence-corrected chi connectivity index (χ1v) is 13.8. The Bertz CT molecular complexity index is 1550. The molecule has 1 aliphatic carbocycles. The molecule has 1 saturated carbocycles. The molecule has 1 aromatic carbocycles. The highest BCUT2D eigenvalue weighted by Gasteiger charge is 2.26. The molecule has 0 spiro atoms. The zero-order valence-corrected chi connectivity index (χ0v) is 22.5. The molecule has 0 atom stereocenters. The maximum absolute atomic E-state index is 13.7. The number of aryl methyl sites for hydroxylation is 1. The van der Waals surface area contributed by atoms with Crippen LogP contribution in [0.25, 0.3) is 16.7 Å². The van der Waals surface area contributed by atoms with Gasteiger partial charge in [-0.25, -0.2) is 9.78 Å². The second-order valence-corrected chi connectivity index (χ2v) is 10.9. The number of amides is 1. The van der Waals surface area contributed by atoms with E-state index in [1.165, 1.54) is 0 Å². The summed E-state index contributed by atoms with van der Waals surface area (Å²) in [5.41, 5.74) is 3.63. The number of imidazole rings is 1. The molecular formula is C29H31ClN6O3. The molecule has 1 saturated heterocycles. The first-order chi connectivity index (χ1) is 19.0. The molecular weight excluding hydrogens is 516 g/mol. The number of para-hydroxylation sites is 2. The molecule has 1 aliphatic heterocycles. The molecule has 0 unspecified atom stereocenters. The van der Waals surface area contributed by atoms with Crippen LogP contribution in [0.3, 0.4) is 0 Å². The van der Waals surface area contributed by atoms with Crippen molar-refractivity contribution in [3.8, 4) is 5.69 Å². The number of benzene rings is 1. The average molecular weight is 547 g/mol. The Hall–Kier alpha value is -3.69. The summed E-state index contributed by atoms with van der Waals surface area (Å²) < 4.78 is 8.84. The van der Waals surface area contributed by atoms with Crippen LogP contribution in [-0.2, 0) is 11.3 Å². The van der Waals surface area contributed by atoms with E-state index < -0.39 is 0 Å². The van der Waals surface area contributed by atoms with Crippen LogP contribution >= 0.6 is 11.6 Å². The number of carbonyl (C=O) groups is 1. The number of nitrogens with one attached hydrogen (secondary N) is 2. The molecule has 0 bridgehead atoms. The molecule has 6 rings (SSSR count). The number of pyridine rings is 2. The molecule has 9 nitrogen and oxygen atoms in total. The summed E-state index contributed by atoms with van der Waals surface area (Å²) in [7, 11) is 0. The highest BCUT2D eigenvalue weighted by Crippen LogP contribution is 2.28. The van der Waals surface area contributed by atoms with Crippen molar-refractivity contribution < 1.29 is 9.53 Å². The molecule has 1 amide bonds. The third-order valence-electron chi connectivity index (χ3n) is 7.75. The highest BCUT2D eigenvalue weighted by molar-refractivity contribution is 6.30. The Morgan fingerprint density at radius 1 is 1.03 bits per heavy atom. The fourth-order valence-electron chi connectivity index (χ4n) is 5.51. The van der Waals surface area contributed by atoms with Crippen molar-refractivity contribution in [3.63, 3.8) is 0 Å². The van der Waals surface area contributed by atoms with Crippen LogP contribution < -0.4 is 16.3 Å². The number of aromatic nitrogens is 4. The lowest BCUT2D eigenvalue weighted by atomic mass is 9.85. The minimum Gasteiger partial charge on any atom is -0.377 e. The van der Waals surface area contributed by atoms with Crippen molar-refractivity contribution >= 4 is 34.4 Å². The number of halogens is 1. The Kier molecular flexibility index (Phi) is 7.10. The summed E-state index contributed by atoms with van der Waals surface area (Å²) in [6, 6.07) is 13.8. The summed E-state index contributed by atoms with van der Waals surface area (Å²) in [5.74, 6) is 0.981. The lowest BCUT2D eigenvalue weighted by Gasteiger charge is -2.29. The van der Waals surface area contributed by atoms with E-state index in [1.54, 1.807) is 23.0 Å². The third-order valence-corrected chi connectivity index (χ3v) is 7.96. The van der Waals surface area contributed by atoms with Crippen LogP contribution in [0, 0.1) is 12.8 Å². The van der Waals surface area contributed by atoms with E-state index in [9.17, 15) is 9.59 Å². The number of hydrogen-bond donors (Lipinski definition) is 2. The molecule has 10 heteroatoms. The van der Waals surface area contributed by atoms with Gasteiger partial charge in [-0.3, -0.25) is 18.9 Å². The van der Waals surface area contributed by atoms with Crippen LogP contribution in [0.1, 0.15) is 41.7 Å². The van der Waals surface area contributed by atoms with Crippen LogP contribution in [0.15, 0.2) is 59.7 Å². The SMILES string of the molecule is Cc1ncc(Cl)cc1C(=O)N[C@H]1CC[C@H](Cn2c(=O)n(-c3ccc(NC4COC4)nc3)c3ccccc32)CC1. The standard InChI is InChI=1S/C29H31ClN6O3/c1-18-24(12-20(30)13-31-18)28(37)34-21-8-6-19(7-9-21)15-35-25-4-2-3-5-26(25)36(29(35)38)23-10-11-27(32-14-23)33-22-16-39-17-22/h2-5,10-14,19,21-22H,6-9,15-17H2,1H3,(H,32,33)(H,34,37)/t19-,21-. The van der Waals surface area contributed by atoms with E-state index in [4.69, 9.17) is 16.3 Å². The molecule has 4 heterocycles. The molecule has 0 radical (unpaired) electrons. The molecule has 202 valence electrons. The summed E-state index contributed by atoms with van der Waals surface area (Å²) >= 11 is 6.04. The van der Waals surface area contributed by atoms with Crippen LogP contribution in [0.5, 0.6) is 0 Å². The van der Waals surface area contributed by atoms with Crippen LogP contribution in [-0.4, -0.2) is 50.3 Å². The summed E-state index contributed by atoms with van der Waals surface area (Å²) in [4.78, 5) is 35.2. The predicted molar refractivity (Wildman–Crippen MR) is 151 cm³/mol. The first kappa shape index (κ1) is 25.6. The fourth-order valence-corrected chi connectivity index (χ4v) is 5.67. The number of nitrogens with zero attached hydrogens (tertiary/aromatic N) is 4. The van der Waals surface area contributed by atoms with Gasteiger partial charge in [-0.05, 0) is 68.9 Å². The lowest BCUT2D eigenvalue weighted by molar-refractivity contribution is 0.0209. The largest absolute Gasteiger partial charge is 0.377 e. The Morgan fingerprint density at radius 2 is 1.79 bits per heavy atom. The van der Waals surface area contributed by atoms with E-state index in [0.717, 1.165) is 48.2 Å². The smallest absolute Gasteiger partial charge is 0.333 e. The van der Waals surface area contributed by atoms with Gasteiger partial charge in [0, 0.05) is 18.8 Å². The van der Waals surface area contributed by atoms with Crippen molar-refractivity contribution in [1.29, 1.82) is 0 Å².